The maximum absolute atomic E-state index is 13.0. The van der Waals surface area contributed by atoms with E-state index in [2.05, 4.69) is 10.1 Å². The van der Waals surface area contributed by atoms with E-state index in [1.54, 1.807) is 6.07 Å². The topological polar surface area (TPSA) is 67.8 Å². The Morgan fingerprint density at radius 2 is 2.05 bits per heavy atom. The van der Waals surface area contributed by atoms with Crippen LogP contribution in [-0.2, 0) is 6.18 Å². The summed E-state index contributed by atoms with van der Waals surface area (Å²) >= 11 is 0. The molecule has 0 spiro atoms. The van der Waals surface area contributed by atoms with Gasteiger partial charge in [0.1, 0.15) is 5.69 Å². The number of aromatic nitrogens is 2. The highest BCUT2D eigenvalue weighted by atomic mass is 19.4. The minimum atomic E-state index is -4.45. The molecule has 19 heavy (non-hydrogen) atoms. The predicted octanol–water partition coefficient (Wildman–Crippen LogP) is 3.42. The van der Waals surface area contributed by atoms with E-state index >= 15 is 0 Å². The van der Waals surface area contributed by atoms with E-state index in [0.717, 1.165) is 6.07 Å². The molecule has 98 valence electrons. The molecule has 0 radical (unpaired) electrons. The Kier molecular flexibility index (Phi) is 2.31. The van der Waals surface area contributed by atoms with Gasteiger partial charge in [0.05, 0.1) is 11.8 Å². The van der Waals surface area contributed by atoms with Crippen molar-refractivity contribution in [1.29, 1.82) is 0 Å². The van der Waals surface area contributed by atoms with Gasteiger partial charge >= 0.3 is 6.18 Å². The zero-order valence-electron chi connectivity index (χ0n) is 9.45. The third-order valence-corrected chi connectivity index (χ3v) is 2.85. The number of nitrogens with one attached hydrogen (secondary N) is 1. The number of nitrogens with zero attached hydrogens (tertiary/aromatic N) is 1. The maximum Gasteiger partial charge on any atom is 0.417 e. The lowest BCUT2D eigenvalue weighted by molar-refractivity contribution is -0.136. The van der Waals surface area contributed by atoms with E-state index in [1.165, 1.54) is 18.5 Å². The van der Waals surface area contributed by atoms with Gasteiger partial charge in [0.15, 0.2) is 5.76 Å². The van der Waals surface area contributed by atoms with Crippen LogP contribution in [0.2, 0.25) is 0 Å². The molecule has 0 fully saturated rings. The fourth-order valence-electron chi connectivity index (χ4n) is 2.05. The lowest BCUT2D eigenvalue weighted by Gasteiger charge is -2.09. The first kappa shape index (κ1) is 11.6. The minimum Gasteiger partial charge on any atom is -0.394 e. The number of H-pyrrole nitrogens is 1. The Morgan fingerprint density at radius 3 is 2.68 bits per heavy atom. The van der Waals surface area contributed by atoms with Crippen LogP contribution in [0, 0.1) is 0 Å². The molecule has 2 aromatic heterocycles. The zero-order valence-corrected chi connectivity index (χ0v) is 9.45. The molecule has 3 aromatic rings. The van der Waals surface area contributed by atoms with Gasteiger partial charge in [0, 0.05) is 22.7 Å². The van der Waals surface area contributed by atoms with Gasteiger partial charge in [-0.2, -0.15) is 13.2 Å². The second kappa shape index (κ2) is 3.78. The van der Waals surface area contributed by atoms with Crippen LogP contribution in [0.5, 0.6) is 0 Å². The van der Waals surface area contributed by atoms with Gasteiger partial charge in [0.25, 0.3) is 0 Å². The molecule has 0 aliphatic carbocycles. The van der Waals surface area contributed by atoms with Crippen molar-refractivity contribution in [2.24, 2.45) is 0 Å². The Balaban J connectivity index is 2.36. The summed E-state index contributed by atoms with van der Waals surface area (Å²) in [6.07, 6.45) is -1.77. The summed E-state index contributed by atoms with van der Waals surface area (Å²) in [6, 6.07) is 3.92. The zero-order chi connectivity index (χ0) is 13.6. The lowest BCUT2D eigenvalue weighted by atomic mass is 10.0. The number of anilines is 1. The Labute approximate surface area is 105 Å². The summed E-state index contributed by atoms with van der Waals surface area (Å²) < 4.78 is 44.0. The molecule has 3 rings (SSSR count). The molecular weight excluding hydrogens is 259 g/mol. The largest absolute Gasteiger partial charge is 0.417 e. The highest BCUT2D eigenvalue weighted by Gasteiger charge is 2.34. The fourth-order valence-corrected chi connectivity index (χ4v) is 2.05. The predicted molar refractivity (Wildman–Crippen MR) is 63.2 cm³/mol. The number of hydrogen-bond donors (Lipinski definition) is 2. The van der Waals surface area contributed by atoms with Crippen molar-refractivity contribution >= 4 is 16.6 Å². The molecule has 7 heteroatoms. The highest BCUT2D eigenvalue weighted by molar-refractivity contribution is 5.99. The number of aromatic amines is 1. The average molecular weight is 267 g/mol. The number of alkyl halides is 3. The number of nitrogens with two attached hydrogens (primary N) is 1. The molecule has 1 aromatic carbocycles. The molecule has 4 nitrogen and oxygen atoms in total. The molecular formula is C12H8F3N3O. The van der Waals surface area contributed by atoms with Gasteiger partial charge in [-0.25, -0.2) is 0 Å². The van der Waals surface area contributed by atoms with Gasteiger partial charge in [-0.3, -0.25) is 0 Å². The number of fused-ring (bicyclic) bond motifs is 1. The number of hydrogen-bond acceptors (Lipinski definition) is 3. The van der Waals surface area contributed by atoms with Crippen molar-refractivity contribution in [2.45, 2.75) is 6.18 Å². The summed E-state index contributed by atoms with van der Waals surface area (Å²) in [6.45, 7) is 0. The van der Waals surface area contributed by atoms with E-state index in [9.17, 15) is 13.2 Å². The number of benzene rings is 1. The molecule has 0 aliphatic rings. The summed E-state index contributed by atoms with van der Waals surface area (Å²) in [7, 11) is 0. The lowest BCUT2D eigenvalue weighted by Crippen LogP contribution is -2.05. The quantitative estimate of drug-likeness (QED) is 0.709. The average Bonchev–Trinajstić information content (AvgIpc) is 2.92. The summed E-state index contributed by atoms with van der Waals surface area (Å²) in [5.41, 5.74) is 5.69. The van der Waals surface area contributed by atoms with E-state index < -0.39 is 11.7 Å². The Morgan fingerprint density at radius 1 is 1.26 bits per heavy atom. The summed E-state index contributed by atoms with van der Waals surface area (Å²) in [5.74, 6) is 0.128. The third kappa shape index (κ3) is 1.74. The molecule has 0 saturated carbocycles. The smallest absolute Gasteiger partial charge is 0.394 e. The van der Waals surface area contributed by atoms with Gasteiger partial charge in [-0.05, 0) is 12.1 Å². The van der Waals surface area contributed by atoms with Gasteiger partial charge in [-0.15, -0.1) is 0 Å². The van der Waals surface area contributed by atoms with E-state index in [1.807, 2.05) is 0 Å². The monoisotopic (exact) mass is 267 g/mol. The second-order valence-corrected chi connectivity index (χ2v) is 4.04. The minimum absolute atomic E-state index is 0.0263. The highest BCUT2D eigenvalue weighted by Crippen LogP contribution is 2.40. The molecule has 0 amide bonds. The number of nitrogen functional groups attached to an aromatic ring is 1. The standard InChI is InChI=1S/C12H8F3N3O/c13-12(14,15)7-2-1-3-9-10(7)6(4-17-9)11-8(16)5-18-19-11/h1-5,17H,16H2. The Bertz CT molecular complexity index is 742. The molecule has 0 bridgehead atoms. The van der Waals surface area contributed by atoms with Crippen molar-refractivity contribution in [3.63, 3.8) is 0 Å². The van der Waals surface area contributed by atoms with Crippen molar-refractivity contribution in [1.82, 2.24) is 10.1 Å². The normalized spacial score (nSPS) is 12.2. The Hall–Kier alpha value is -2.44. The number of halogens is 3. The first-order valence-electron chi connectivity index (χ1n) is 5.36. The first-order valence-corrected chi connectivity index (χ1v) is 5.36. The van der Waals surface area contributed by atoms with Crippen LogP contribution in [-0.4, -0.2) is 10.1 Å². The number of rotatable bonds is 1. The van der Waals surface area contributed by atoms with Gasteiger partial charge in [-0.1, -0.05) is 11.2 Å². The van der Waals surface area contributed by atoms with Crippen molar-refractivity contribution in [3.05, 3.63) is 36.2 Å². The van der Waals surface area contributed by atoms with E-state index in [0.29, 0.717) is 5.52 Å². The first-order chi connectivity index (χ1) is 8.98. The van der Waals surface area contributed by atoms with E-state index in [-0.39, 0.29) is 22.4 Å². The van der Waals surface area contributed by atoms with E-state index in [4.69, 9.17) is 10.3 Å². The maximum atomic E-state index is 13.0. The molecule has 0 saturated heterocycles. The fraction of sp³-hybridized carbons (Fsp3) is 0.0833. The van der Waals surface area contributed by atoms with Crippen LogP contribution in [0.3, 0.4) is 0 Å². The second-order valence-electron chi connectivity index (χ2n) is 4.04. The van der Waals surface area contributed by atoms with Gasteiger partial charge < -0.3 is 15.2 Å². The molecule has 3 N–H and O–H groups in total. The van der Waals surface area contributed by atoms with Crippen LogP contribution in [0.15, 0.2) is 35.1 Å². The molecule has 2 heterocycles. The molecule has 0 unspecified atom stereocenters. The summed E-state index contributed by atoms with van der Waals surface area (Å²) in [5, 5.41) is 3.51. The van der Waals surface area contributed by atoms with Crippen molar-refractivity contribution < 1.29 is 17.7 Å². The van der Waals surface area contributed by atoms with Crippen LogP contribution in [0.25, 0.3) is 22.2 Å². The van der Waals surface area contributed by atoms with Crippen LogP contribution >= 0.6 is 0 Å². The molecule has 0 atom stereocenters. The van der Waals surface area contributed by atoms with Crippen LogP contribution in [0.4, 0.5) is 18.9 Å². The van der Waals surface area contributed by atoms with Crippen LogP contribution < -0.4 is 5.73 Å². The van der Waals surface area contributed by atoms with Gasteiger partial charge in [0.2, 0.25) is 0 Å². The summed E-state index contributed by atoms with van der Waals surface area (Å²) in [4.78, 5) is 2.77. The van der Waals surface area contributed by atoms with Crippen LogP contribution in [0.1, 0.15) is 5.56 Å². The molecule has 0 aliphatic heterocycles. The van der Waals surface area contributed by atoms with Crippen molar-refractivity contribution in [3.8, 4) is 11.3 Å². The third-order valence-electron chi connectivity index (χ3n) is 2.85. The SMILES string of the molecule is Nc1cnoc1-c1c[nH]c2cccc(C(F)(F)F)c12. The van der Waals surface area contributed by atoms with Crippen molar-refractivity contribution in [2.75, 3.05) is 5.73 Å².